The maximum atomic E-state index is 8.97. The summed E-state index contributed by atoms with van der Waals surface area (Å²) in [7, 11) is 1.66. The second-order valence-electron chi connectivity index (χ2n) is 8.25. The predicted octanol–water partition coefficient (Wildman–Crippen LogP) is 3.30. The fraction of sp³-hybridized carbons (Fsp3) is 0.524. The van der Waals surface area contributed by atoms with E-state index in [2.05, 4.69) is 36.0 Å². The van der Waals surface area contributed by atoms with Gasteiger partial charge < -0.3 is 14.6 Å². The molecule has 2 atom stereocenters. The Morgan fingerprint density at radius 1 is 1.23 bits per heavy atom. The Labute approximate surface area is 175 Å². The Bertz CT molecular complexity index is 1080. The van der Waals surface area contributed by atoms with E-state index in [0.717, 1.165) is 42.1 Å². The first-order chi connectivity index (χ1) is 14.7. The van der Waals surface area contributed by atoms with E-state index in [-0.39, 0.29) is 0 Å². The molecule has 2 unspecified atom stereocenters. The van der Waals surface area contributed by atoms with Crippen LogP contribution < -0.4 is 10.1 Å². The van der Waals surface area contributed by atoms with Gasteiger partial charge >= 0.3 is 0 Å². The van der Waals surface area contributed by atoms with Crippen molar-refractivity contribution in [3.63, 3.8) is 0 Å². The van der Waals surface area contributed by atoms with Gasteiger partial charge in [-0.15, -0.1) is 0 Å². The van der Waals surface area contributed by atoms with Crippen LogP contribution in [0.15, 0.2) is 18.5 Å². The summed E-state index contributed by atoms with van der Waals surface area (Å²) >= 11 is 0. The topological polar surface area (TPSA) is 108 Å². The molecule has 2 aliphatic rings. The molecule has 0 saturated carbocycles. The van der Waals surface area contributed by atoms with Gasteiger partial charge in [-0.2, -0.15) is 10.4 Å². The van der Waals surface area contributed by atoms with E-state index in [0.29, 0.717) is 36.1 Å². The van der Waals surface area contributed by atoms with Gasteiger partial charge in [0.1, 0.15) is 11.3 Å². The van der Waals surface area contributed by atoms with Crippen molar-refractivity contribution in [1.82, 2.24) is 29.6 Å². The normalized spacial score (nSPS) is 23.6. The third-order valence-electron chi connectivity index (χ3n) is 6.41. The lowest BCUT2D eigenvalue weighted by molar-refractivity contribution is 0.110. The number of nitrogens with one attached hydrogen (secondary N) is 2. The number of nitrogens with zero attached hydrogens (tertiary/aromatic N) is 6. The van der Waals surface area contributed by atoms with Crippen molar-refractivity contribution in [3.05, 3.63) is 24.2 Å². The molecule has 5 heterocycles. The monoisotopic (exact) mass is 406 g/mol. The van der Waals surface area contributed by atoms with Crippen molar-refractivity contribution in [3.8, 4) is 11.8 Å². The summed E-state index contributed by atoms with van der Waals surface area (Å²) in [4.78, 5) is 12.0. The molecule has 2 aliphatic heterocycles. The van der Waals surface area contributed by atoms with Crippen LogP contribution >= 0.6 is 0 Å². The molecule has 0 radical (unpaired) electrons. The number of nitriles is 1. The van der Waals surface area contributed by atoms with Gasteiger partial charge in [0, 0.05) is 48.9 Å². The lowest BCUT2D eigenvalue weighted by atomic mass is 9.97. The van der Waals surface area contributed by atoms with Crippen LogP contribution in [0.3, 0.4) is 0 Å². The van der Waals surface area contributed by atoms with Gasteiger partial charge in [0.2, 0.25) is 0 Å². The third kappa shape index (κ3) is 3.27. The van der Waals surface area contributed by atoms with Crippen molar-refractivity contribution in [2.75, 3.05) is 19.0 Å². The number of aromatic amines is 1. The number of rotatable bonds is 6. The van der Waals surface area contributed by atoms with Crippen molar-refractivity contribution >= 4 is 22.8 Å². The number of imidazole rings is 1. The zero-order valence-corrected chi connectivity index (χ0v) is 17.3. The SMILES string of the molecule is COc1cc(Nc2cc(C)[nH]n2)nc2c1ncn2C1CC2CCC(C1)N2CCC#N. The molecule has 9 nitrogen and oxygen atoms in total. The minimum Gasteiger partial charge on any atom is -0.494 e. The average molecular weight is 406 g/mol. The molecule has 30 heavy (non-hydrogen) atoms. The lowest BCUT2D eigenvalue weighted by Crippen LogP contribution is -2.43. The number of pyridine rings is 1. The molecule has 2 saturated heterocycles. The summed E-state index contributed by atoms with van der Waals surface area (Å²) in [6.45, 7) is 2.84. The summed E-state index contributed by atoms with van der Waals surface area (Å²) < 4.78 is 7.82. The molecule has 5 rings (SSSR count). The van der Waals surface area contributed by atoms with Gasteiger partial charge in [0.15, 0.2) is 17.2 Å². The molecule has 3 aromatic rings. The highest BCUT2D eigenvalue weighted by Crippen LogP contribution is 2.42. The standard InChI is InChI=1S/C21H26N8O/c1-13-8-19(27-26-13)24-18-11-17(30-2)20-21(25-18)29(12-23-20)16-9-14-4-5-15(10-16)28(14)7-3-6-22/h8,11-12,14-16H,3-5,7,9-10H2,1-2H3,(H2,24,25,26,27). The second kappa shape index (κ2) is 7.61. The Balaban J connectivity index is 1.45. The van der Waals surface area contributed by atoms with E-state index in [9.17, 15) is 0 Å². The first-order valence-corrected chi connectivity index (χ1v) is 10.5. The van der Waals surface area contributed by atoms with Crippen LogP contribution in [-0.2, 0) is 0 Å². The van der Waals surface area contributed by atoms with Crippen LogP contribution in [0.25, 0.3) is 11.2 Å². The minimum atomic E-state index is 0.353. The highest BCUT2D eigenvalue weighted by Gasteiger charge is 2.41. The van der Waals surface area contributed by atoms with Crippen molar-refractivity contribution in [2.24, 2.45) is 0 Å². The minimum absolute atomic E-state index is 0.353. The molecule has 0 spiro atoms. The lowest BCUT2D eigenvalue weighted by Gasteiger charge is -2.39. The Kier molecular flexibility index (Phi) is 4.79. The number of H-pyrrole nitrogens is 1. The van der Waals surface area contributed by atoms with E-state index >= 15 is 0 Å². The van der Waals surface area contributed by atoms with Crippen molar-refractivity contribution in [2.45, 2.75) is 57.2 Å². The fourth-order valence-corrected chi connectivity index (χ4v) is 5.09. The average Bonchev–Trinajstić information content (AvgIpc) is 3.41. The Morgan fingerprint density at radius 2 is 2.03 bits per heavy atom. The molecule has 9 heteroatoms. The number of aromatic nitrogens is 5. The van der Waals surface area contributed by atoms with Crippen LogP contribution in [0.1, 0.15) is 43.8 Å². The summed E-state index contributed by atoms with van der Waals surface area (Å²) in [5.74, 6) is 2.10. The molecule has 0 aromatic carbocycles. The predicted molar refractivity (Wildman–Crippen MR) is 113 cm³/mol. The fourth-order valence-electron chi connectivity index (χ4n) is 5.09. The number of ether oxygens (including phenoxy) is 1. The van der Waals surface area contributed by atoms with Gasteiger partial charge in [-0.25, -0.2) is 9.97 Å². The van der Waals surface area contributed by atoms with Gasteiger partial charge in [0.25, 0.3) is 0 Å². The molecule has 156 valence electrons. The Hall–Kier alpha value is -3.12. The van der Waals surface area contributed by atoms with E-state index in [1.807, 2.05) is 25.4 Å². The number of anilines is 2. The molecule has 2 fully saturated rings. The largest absolute Gasteiger partial charge is 0.494 e. The number of methoxy groups -OCH3 is 1. The first-order valence-electron chi connectivity index (χ1n) is 10.5. The van der Waals surface area contributed by atoms with E-state index in [4.69, 9.17) is 15.0 Å². The van der Waals surface area contributed by atoms with Crippen LogP contribution in [-0.4, -0.2) is 55.4 Å². The molecule has 0 aliphatic carbocycles. The van der Waals surface area contributed by atoms with Crippen LogP contribution in [0.5, 0.6) is 5.75 Å². The second-order valence-corrected chi connectivity index (χ2v) is 8.25. The highest BCUT2D eigenvalue weighted by molar-refractivity contribution is 5.81. The maximum Gasteiger partial charge on any atom is 0.166 e. The Morgan fingerprint density at radius 3 is 2.70 bits per heavy atom. The molecule has 0 amide bonds. The van der Waals surface area contributed by atoms with Crippen LogP contribution in [0, 0.1) is 18.3 Å². The summed E-state index contributed by atoms with van der Waals surface area (Å²) in [5.41, 5.74) is 2.59. The maximum absolute atomic E-state index is 8.97. The molecule has 2 N–H and O–H groups in total. The van der Waals surface area contributed by atoms with Gasteiger partial charge in [-0.3, -0.25) is 10.00 Å². The summed E-state index contributed by atoms with van der Waals surface area (Å²) in [6, 6.07) is 7.51. The smallest absolute Gasteiger partial charge is 0.166 e. The van der Waals surface area contributed by atoms with Crippen LogP contribution in [0.4, 0.5) is 11.6 Å². The van der Waals surface area contributed by atoms with Gasteiger partial charge in [-0.05, 0) is 32.6 Å². The summed E-state index contributed by atoms with van der Waals surface area (Å²) in [6.07, 6.45) is 7.05. The van der Waals surface area contributed by atoms with Crippen LogP contribution in [0.2, 0.25) is 0 Å². The van der Waals surface area contributed by atoms with Crippen molar-refractivity contribution < 1.29 is 4.74 Å². The van der Waals surface area contributed by atoms with E-state index < -0.39 is 0 Å². The molecule has 3 aromatic heterocycles. The third-order valence-corrected chi connectivity index (χ3v) is 6.41. The number of fused-ring (bicyclic) bond motifs is 3. The molecular weight excluding hydrogens is 380 g/mol. The summed E-state index contributed by atoms with van der Waals surface area (Å²) in [5, 5.41) is 19.4. The first kappa shape index (κ1) is 18.9. The van der Waals surface area contributed by atoms with Gasteiger partial charge in [-0.1, -0.05) is 0 Å². The number of hydrogen-bond donors (Lipinski definition) is 2. The van der Waals surface area contributed by atoms with E-state index in [1.165, 1.54) is 12.8 Å². The highest BCUT2D eigenvalue weighted by atomic mass is 16.5. The van der Waals surface area contributed by atoms with Gasteiger partial charge in [0.05, 0.1) is 19.5 Å². The number of hydrogen-bond acceptors (Lipinski definition) is 7. The zero-order valence-electron chi connectivity index (χ0n) is 17.3. The zero-order chi connectivity index (χ0) is 20.7. The number of aryl methyl sites for hydroxylation is 1. The molecule has 2 bridgehead atoms. The number of piperidine rings is 1. The van der Waals surface area contributed by atoms with E-state index in [1.54, 1.807) is 7.11 Å². The molecular formula is C21H26N8O. The quantitative estimate of drug-likeness (QED) is 0.647. The van der Waals surface area contributed by atoms with Crippen molar-refractivity contribution in [1.29, 1.82) is 5.26 Å².